The molecule has 1 unspecified atom stereocenters. The van der Waals surface area contributed by atoms with E-state index in [1.54, 1.807) is 11.3 Å². The predicted octanol–water partition coefficient (Wildman–Crippen LogP) is 1.21. The second-order valence-electron chi connectivity index (χ2n) is 5.83. The van der Waals surface area contributed by atoms with E-state index < -0.39 is 0 Å². The topological polar surface area (TPSA) is 70.7 Å². The van der Waals surface area contributed by atoms with Crippen LogP contribution in [0.5, 0.6) is 0 Å². The Balaban J connectivity index is 1.38. The summed E-state index contributed by atoms with van der Waals surface area (Å²) in [6.07, 6.45) is 3.94. The average Bonchev–Trinajstić information content (AvgIpc) is 3.04. The molecule has 0 bridgehead atoms. The number of amides is 1. The molecular weight excluding hydrogens is 284 g/mol. The van der Waals surface area contributed by atoms with Gasteiger partial charge < -0.3 is 16.0 Å². The van der Waals surface area contributed by atoms with Crippen LogP contribution in [0.25, 0.3) is 0 Å². The van der Waals surface area contributed by atoms with Crippen LogP contribution < -0.4 is 11.1 Å². The van der Waals surface area contributed by atoms with Gasteiger partial charge in [-0.3, -0.25) is 9.79 Å². The largest absolute Gasteiger partial charge is 0.370 e. The number of guanidine groups is 1. The average molecular weight is 306 g/mol. The molecule has 3 rings (SSSR count). The van der Waals surface area contributed by atoms with Gasteiger partial charge in [-0.1, -0.05) is 6.07 Å². The van der Waals surface area contributed by atoms with Crippen molar-refractivity contribution in [2.24, 2.45) is 16.6 Å². The van der Waals surface area contributed by atoms with E-state index in [4.69, 9.17) is 5.73 Å². The first kappa shape index (κ1) is 14.4. The van der Waals surface area contributed by atoms with E-state index in [-0.39, 0.29) is 0 Å². The molecule has 5 nitrogen and oxygen atoms in total. The van der Waals surface area contributed by atoms with E-state index >= 15 is 0 Å². The Morgan fingerprint density at radius 3 is 3.10 bits per heavy atom. The van der Waals surface area contributed by atoms with E-state index in [1.807, 2.05) is 4.90 Å². The van der Waals surface area contributed by atoms with Gasteiger partial charge in [-0.05, 0) is 30.7 Å². The van der Waals surface area contributed by atoms with Crippen molar-refractivity contribution in [1.82, 2.24) is 10.2 Å². The van der Waals surface area contributed by atoms with Crippen LogP contribution in [-0.2, 0) is 11.2 Å². The maximum absolute atomic E-state index is 11.8. The molecule has 1 aliphatic heterocycles. The smallest absolute Gasteiger partial charge is 0.223 e. The Morgan fingerprint density at radius 2 is 2.38 bits per heavy atom. The first-order valence-electron chi connectivity index (χ1n) is 7.58. The number of nitrogens with one attached hydrogen (secondary N) is 1. The summed E-state index contributed by atoms with van der Waals surface area (Å²) in [5, 5.41) is 5.22. The van der Waals surface area contributed by atoms with Crippen LogP contribution in [0.3, 0.4) is 0 Å². The van der Waals surface area contributed by atoms with Crippen molar-refractivity contribution in [3.05, 3.63) is 22.4 Å². The minimum Gasteiger partial charge on any atom is -0.370 e. The Morgan fingerprint density at radius 1 is 1.52 bits per heavy atom. The summed E-state index contributed by atoms with van der Waals surface area (Å²) in [6, 6.07) is 4.70. The second-order valence-corrected chi connectivity index (χ2v) is 6.86. The van der Waals surface area contributed by atoms with Gasteiger partial charge in [0.25, 0.3) is 0 Å². The number of likely N-dealkylation sites (tertiary alicyclic amines) is 1. The summed E-state index contributed by atoms with van der Waals surface area (Å²) in [5.41, 5.74) is 5.88. The molecule has 1 saturated carbocycles. The van der Waals surface area contributed by atoms with Crippen LogP contribution in [0.2, 0.25) is 0 Å². The number of thiophene rings is 1. The lowest BCUT2D eigenvalue weighted by Crippen LogP contribution is -2.34. The fourth-order valence-corrected chi connectivity index (χ4v) is 3.43. The number of hydrogen-bond donors (Lipinski definition) is 2. The third-order valence-electron chi connectivity index (χ3n) is 4.00. The molecule has 3 N–H and O–H groups in total. The predicted molar refractivity (Wildman–Crippen MR) is 85.4 cm³/mol. The Labute approximate surface area is 129 Å². The molecule has 1 aromatic rings. The third-order valence-corrected chi connectivity index (χ3v) is 4.94. The second kappa shape index (κ2) is 6.47. The molecular formula is C15H22N4OS. The molecule has 2 aliphatic rings. The number of hydrogen-bond acceptors (Lipinski definition) is 3. The highest BCUT2D eigenvalue weighted by Gasteiger charge is 2.38. The van der Waals surface area contributed by atoms with Crippen LogP contribution in [-0.4, -0.2) is 42.4 Å². The summed E-state index contributed by atoms with van der Waals surface area (Å²) in [5.74, 6) is 1.11. The summed E-state index contributed by atoms with van der Waals surface area (Å²) in [6.45, 7) is 2.30. The van der Waals surface area contributed by atoms with Crippen LogP contribution in [0.4, 0.5) is 0 Å². The highest BCUT2D eigenvalue weighted by Crippen LogP contribution is 2.32. The Bertz CT molecular complexity index is 510. The van der Waals surface area contributed by atoms with Gasteiger partial charge in [-0.15, -0.1) is 11.3 Å². The van der Waals surface area contributed by atoms with Gasteiger partial charge in [0.1, 0.15) is 0 Å². The van der Waals surface area contributed by atoms with Gasteiger partial charge in [-0.25, -0.2) is 0 Å². The molecule has 6 heteroatoms. The van der Waals surface area contributed by atoms with Crippen molar-refractivity contribution in [1.29, 1.82) is 0 Å². The monoisotopic (exact) mass is 306 g/mol. The number of carbonyl (C=O) groups is 1. The molecule has 1 amide bonds. The molecule has 114 valence electrons. The molecule has 0 radical (unpaired) electrons. The van der Waals surface area contributed by atoms with Gasteiger partial charge in [0.2, 0.25) is 5.91 Å². The zero-order chi connectivity index (χ0) is 14.7. The van der Waals surface area contributed by atoms with E-state index in [1.165, 1.54) is 17.7 Å². The molecule has 0 spiro atoms. The summed E-state index contributed by atoms with van der Waals surface area (Å²) in [4.78, 5) is 19.6. The van der Waals surface area contributed by atoms with Crippen molar-refractivity contribution < 1.29 is 4.79 Å². The molecule has 1 atom stereocenters. The van der Waals surface area contributed by atoms with Gasteiger partial charge in [0, 0.05) is 42.9 Å². The van der Waals surface area contributed by atoms with Crippen LogP contribution in [0.1, 0.15) is 24.1 Å². The number of nitrogens with two attached hydrogens (primary N) is 1. The maximum atomic E-state index is 11.8. The molecule has 2 fully saturated rings. The zero-order valence-electron chi connectivity index (χ0n) is 12.1. The van der Waals surface area contributed by atoms with E-state index in [0.717, 1.165) is 19.5 Å². The fraction of sp³-hybridized carbons (Fsp3) is 0.600. The number of nitrogens with zero attached hydrogens (tertiary/aromatic N) is 2. The van der Waals surface area contributed by atoms with Crippen molar-refractivity contribution >= 4 is 23.2 Å². The highest BCUT2D eigenvalue weighted by molar-refractivity contribution is 7.09. The lowest BCUT2D eigenvalue weighted by molar-refractivity contribution is -0.128. The maximum Gasteiger partial charge on any atom is 0.223 e. The number of carbonyl (C=O) groups excluding carboxylic acids is 1. The van der Waals surface area contributed by atoms with E-state index in [9.17, 15) is 4.79 Å². The molecule has 0 aromatic carbocycles. The van der Waals surface area contributed by atoms with Gasteiger partial charge >= 0.3 is 0 Å². The normalized spacial score (nSPS) is 22.9. The van der Waals surface area contributed by atoms with Crippen LogP contribution in [0.15, 0.2) is 22.5 Å². The van der Waals surface area contributed by atoms with Crippen molar-refractivity contribution in [3.8, 4) is 0 Å². The summed E-state index contributed by atoms with van der Waals surface area (Å²) >= 11 is 1.75. The molecule has 2 heterocycles. The van der Waals surface area contributed by atoms with Crippen LogP contribution in [0, 0.1) is 5.92 Å². The van der Waals surface area contributed by atoms with Crippen LogP contribution >= 0.6 is 11.3 Å². The van der Waals surface area contributed by atoms with Crippen molar-refractivity contribution in [3.63, 3.8) is 0 Å². The quantitative estimate of drug-likeness (QED) is 0.613. The lowest BCUT2D eigenvalue weighted by atomic mass is 10.1. The van der Waals surface area contributed by atoms with Gasteiger partial charge in [-0.2, -0.15) is 0 Å². The zero-order valence-corrected chi connectivity index (χ0v) is 12.9. The molecule has 1 aromatic heterocycles. The Hall–Kier alpha value is -1.56. The lowest BCUT2D eigenvalue weighted by Gasteiger charge is -2.14. The molecule has 21 heavy (non-hydrogen) atoms. The van der Waals surface area contributed by atoms with Gasteiger partial charge in [0.15, 0.2) is 5.96 Å². The summed E-state index contributed by atoms with van der Waals surface area (Å²) < 4.78 is 0. The minimum atomic E-state index is 0.293. The molecule has 1 aliphatic carbocycles. The standard InChI is InChI=1S/C15H22N4OS/c16-15(17-6-5-13-2-1-7-21-13)18-9-11-8-14(20)19(10-11)12-3-4-12/h1-2,7,11-12H,3-6,8-10H2,(H3,16,17,18). The van der Waals surface area contributed by atoms with E-state index in [2.05, 4.69) is 27.8 Å². The Kier molecular flexibility index (Phi) is 4.43. The highest BCUT2D eigenvalue weighted by atomic mass is 32.1. The third kappa shape index (κ3) is 3.97. The first-order valence-corrected chi connectivity index (χ1v) is 8.46. The first-order chi connectivity index (χ1) is 10.2. The number of aliphatic imine (C=N–C) groups is 1. The fourth-order valence-electron chi connectivity index (χ4n) is 2.72. The number of rotatable bonds is 6. The van der Waals surface area contributed by atoms with E-state index in [0.29, 0.717) is 36.8 Å². The van der Waals surface area contributed by atoms with Crippen molar-refractivity contribution in [2.45, 2.75) is 31.7 Å². The minimum absolute atomic E-state index is 0.293. The SMILES string of the molecule is NC(=NCC1CC(=O)N(C2CC2)C1)NCCc1cccs1. The van der Waals surface area contributed by atoms with Gasteiger partial charge in [0.05, 0.1) is 0 Å². The summed E-state index contributed by atoms with van der Waals surface area (Å²) in [7, 11) is 0. The molecule has 1 saturated heterocycles. The van der Waals surface area contributed by atoms with Crippen molar-refractivity contribution in [2.75, 3.05) is 19.6 Å².